The Morgan fingerprint density at radius 2 is 1.78 bits per heavy atom. The van der Waals surface area contributed by atoms with Gasteiger partial charge in [-0.3, -0.25) is 0 Å². The van der Waals surface area contributed by atoms with Gasteiger partial charge in [0.15, 0.2) is 0 Å². The molecule has 3 heteroatoms. The molecule has 1 aromatic carbocycles. The van der Waals surface area contributed by atoms with Crippen LogP contribution in [0.2, 0.25) is 0 Å². The van der Waals surface area contributed by atoms with Crippen molar-refractivity contribution in [1.82, 2.24) is 0 Å². The summed E-state index contributed by atoms with van der Waals surface area (Å²) >= 11 is 1.93. The van der Waals surface area contributed by atoms with E-state index in [1.54, 1.807) is 12.1 Å². The monoisotopic (exact) mass is 266 g/mol. The third-order valence-electron chi connectivity index (χ3n) is 3.48. The summed E-state index contributed by atoms with van der Waals surface area (Å²) in [5, 5.41) is 20.0. The zero-order chi connectivity index (χ0) is 12.8. The van der Waals surface area contributed by atoms with Crippen LogP contribution in [-0.2, 0) is 6.42 Å². The van der Waals surface area contributed by atoms with Crippen molar-refractivity contribution in [1.29, 1.82) is 0 Å². The van der Waals surface area contributed by atoms with Gasteiger partial charge in [-0.15, -0.1) is 0 Å². The fourth-order valence-electron chi connectivity index (χ4n) is 2.44. The van der Waals surface area contributed by atoms with E-state index in [0.717, 1.165) is 16.6 Å². The fraction of sp³-hybridized carbons (Fsp3) is 0.600. The SMILES string of the molecule is Oc1ccc(CC(O)CSC2CCCCC2)cc1. The lowest BCUT2D eigenvalue weighted by Crippen LogP contribution is -2.17. The van der Waals surface area contributed by atoms with Crippen LogP contribution in [0.25, 0.3) is 0 Å². The Labute approximate surface area is 113 Å². The maximum Gasteiger partial charge on any atom is 0.115 e. The lowest BCUT2D eigenvalue weighted by Gasteiger charge is -2.22. The molecule has 0 radical (unpaired) electrons. The molecule has 2 N–H and O–H groups in total. The summed E-state index contributed by atoms with van der Waals surface area (Å²) in [6, 6.07) is 7.11. The quantitative estimate of drug-likeness (QED) is 0.858. The zero-order valence-corrected chi connectivity index (χ0v) is 11.5. The van der Waals surface area contributed by atoms with Crippen molar-refractivity contribution in [3.8, 4) is 5.75 Å². The molecule has 1 aromatic rings. The lowest BCUT2D eigenvalue weighted by molar-refractivity contribution is 0.200. The van der Waals surface area contributed by atoms with Gasteiger partial charge in [0.25, 0.3) is 0 Å². The normalized spacial score (nSPS) is 18.7. The lowest BCUT2D eigenvalue weighted by atomic mass is 10.0. The molecule has 2 nitrogen and oxygen atoms in total. The van der Waals surface area contributed by atoms with Gasteiger partial charge >= 0.3 is 0 Å². The highest BCUT2D eigenvalue weighted by atomic mass is 32.2. The minimum atomic E-state index is -0.276. The van der Waals surface area contributed by atoms with Crippen molar-refractivity contribution in [3.63, 3.8) is 0 Å². The average molecular weight is 266 g/mol. The number of thioether (sulfide) groups is 1. The van der Waals surface area contributed by atoms with Crippen LogP contribution in [0.15, 0.2) is 24.3 Å². The Bertz CT molecular complexity index is 344. The van der Waals surface area contributed by atoms with Crippen molar-refractivity contribution in [2.24, 2.45) is 0 Å². The van der Waals surface area contributed by atoms with Crippen LogP contribution in [0, 0.1) is 0 Å². The van der Waals surface area contributed by atoms with Gasteiger partial charge in [0.1, 0.15) is 5.75 Å². The number of aliphatic hydroxyl groups is 1. The topological polar surface area (TPSA) is 40.5 Å². The van der Waals surface area contributed by atoms with Gasteiger partial charge in [0, 0.05) is 11.0 Å². The van der Waals surface area contributed by atoms with Gasteiger partial charge in [0.2, 0.25) is 0 Å². The minimum absolute atomic E-state index is 0.276. The third kappa shape index (κ3) is 4.54. The van der Waals surface area contributed by atoms with Gasteiger partial charge in [-0.2, -0.15) is 11.8 Å². The number of aliphatic hydroxyl groups excluding tert-OH is 1. The highest BCUT2D eigenvalue weighted by molar-refractivity contribution is 7.99. The molecule has 1 fully saturated rings. The molecule has 2 rings (SSSR count). The predicted molar refractivity (Wildman–Crippen MR) is 77.1 cm³/mol. The van der Waals surface area contributed by atoms with E-state index in [4.69, 9.17) is 0 Å². The molecular weight excluding hydrogens is 244 g/mol. The first-order chi connectivity index (χ1) is 8.74. The van der Waals surface area contributed by atoms with E-state index < -0.39 is 0 Å². The summed E-state index contributed by atoms with van der Waals surface area (Å²) in [5.41, 5.74) is 1.09. The second kappa shape index (κ2) is 7.05. The maximum absolute atomic E-state index is 10.0. The average Bonchev–Trinajstić information content (AvgIpc) is 2.40. The largest absolute Gasteiger partial charge is 0.508 e. The van der Waals surface area contributed by atoms with Crippen molar-refractivity contribution >= 4 is 11.8 Å². The van der Waals surface area contributed by atoms with Crippen molar-refractivity contribution < 1.29 is 10.2 Å². The highest BCUT2D eigenvalue weighted by Gasteiger charge is 2.15. The van der Waals surface area contributed by atoms with Crippen molar-refractivity contribution in [3.05, 3.63) is 29.8 Å². The first-order valence-electron chi connectivity index (χ1n) is 6.81. The highest BCUT2D eigenvalue weighted by Crippen LogP contribution is 2.28. The van der Waals surface area contributed by atoms with Crippen LogP contribution in [0.4, 0.5) is 0 Å². The molecule has 0 spiro atoms. The Balaban J connectivity index is 1.71. The predicted octanol–water partition coefficient (Wildman–Crippen LogP) is 3.36. The molecule has 1 unspecified atom stereocenters. The Hall–Kier alpha value is -0.670. The van der Waals surface area contributed by atoms with E-state index in [-0.39, 0.29) is 11.9 Å². The van der Waals surface area contributed by atoms with E-state index in [1.807, 2.05) is 23.9 Å². The molecule has 0 heterocycles. The standard InChI is InChI=1S/C15H22O2S/c16-13-8-6-12(7-9-13)10-14(17)11-18-15-4-2-1-3-5-15/h6-9,14-17H,1-5,10-11H2. The second-order valence-corrected chi connectivity index (χ2v) is 6.45. The van der Waals surface area contributed by atoms with Gasteiger partial charge in [-0.25, -0.2) is 0 Å². The van der Waals surface area contributed by atoms with Gasteiger partial charge in [-0.05, 0) is 37.0 Å². The van der Waals surface area contributed by atoms with Crippen LogP contribution >= 0.6 is 11.8 Å². The van der Waals surface area contributed by atoms with E-state index >= 15 is 0 Å². The number of aromatic hydroxyl groups is 1. The molecular formula is C15H22O2S. The molecule has 0 aliphatic heterocycles. The van der Waals surface area contributed by atoms with Crippen LogP contribution in [0.1, 0.15) is 37.7 Å². The first kappa shape index (κ1) is 13.8. The minimum Gasteiger partial charge on any atom is -0.508 e. The molecule has 100 valence electrons. The number of phenolic OH excluding ortho intramolecular Hbond substituents is 1. The van der Waals surface area contributed by atoms with E-state index in [1.165, 1.54) is 32.1 Å². The molecule has 18 heavy (non-hydrogen) atoms. The number of rotatable bonds is 5. The van der Waals surface area contributed by atoms with Crippen LogP contribution in [0.3, 0.4) is 0 Å². The summed E-state index contributed by atoms with van der Waals surface area (Å²) in [7, 11) is 0. The number of hydrogen-bond acceptors (Lipinski definition) is 3. The smallest absolute Gasteiger partial charge is 0.115 e. The number of hydrogen-bond donors (Lipinski definition) is 2. The first-order valence-corrected chi connectivity index (χ1v) is 7.86. The molecule has 0 amide bonds. The van der Waals surface area contributed by atoms with Crippen LogP contribution < -0.4 is 0 Å². The summed E-state index contributed by atoms with van der Waals surface area (Å²) < 4.78 is 0. The molecule has 1 aliphatic carbocycles. The summed E-state index contributed by atoms with van der Waals surface area (Å²) in [6.45, 7) is 0. The summed E-state index contributed by atoms with van der Waals surface area (Å²) in [4.78, 5) is 0. The van der Waals surface area contributed by atoms with Crippen molar-refractivity contribution in [2.75, 3.05) is 5.75 Å². The third-order valence-corrected chi connectivity index (χ3v) is 5.00. The van der Waals surface area contributed by atoms with E-state index in [2.05, 4.69) is 0 Å². The molecule has 1 aliphatic rings. The van der Waals surface area contributed by atoms with Crippen LogP contribution in [0.5, 0.6) is 5.75 Å². The number of benzene rings is 1. The van der Waals surface area contributed by atoms with Gasteiger partial charge in [0.05, 0.1) is 6.10 Å². The summed E-state index contributed by atoms with van der Waals surface area (Å²) in [6.07, 6.45) is 7.12. The Morgan fingerprint density at radius 3 is 2.44 bits per heavy atom. The molecule has 0 bridgehead atoms. The van der Waals surface area contributed by atoms with Crippen molar-refractivity contribution in [2.45, 2.75) is 49.9 Å². The van der Waals surface area contributed by atoms with E-state index in [9.17, 15) is 10.2 Å². The second-order valence-electron chi connectivity index (χ2n) is 5.12. The zero-order valence-electron chi connectivity index (χ0n) is 10.7. The van der Waals surface area contributed by atoms with Gasteiger partial charge < -0.3 is 10.2 Å². The molecule has 1 saturated carbocycles. The summed E-state index contributed by atoms with van der Waals surface area (Å²) in [5.74, 6) is 1.11. The fourth-order valence-corrected chi connectivity index (χ4v) is 3.72. The molecule has 1 atom stereocenters. The number of phenols is 1. The molecule has 0 saturated heterocycles. The van der Waals surface area contributed by atoms with Crippen LogP contribution in [-0.4, -0.2) is 27.3 Å². The molecule has 0 aromatic heterocycles. The van der Waals surface area contributed by atoms with E-state index in [0.29, 0.717) is 6.42 Å². The maximum atomic E-state index is 10.0. The Kier molecular flexibility index (Phi) is 5.39. The van der Waals surface area contributed by atoms with Gasteiger partial charge in [-0.1, -0.05) is 31.4 Å². The Morgan fingerprint density at radius 1 is 1.11 bits per heavy atom.